The van der Waals surface area contributed by atoms with Gasteiger partial charge in [0, 0.05) is 6.04 Å². The van der Waals surface area contributed by atoms with E-state index in [1.54, 1.807) is 6.92 Å². The quantitative estimate of drug-likeness (QED) is 0.865. The maximum Gasteiger partial charge on any atom is 0.241 e. The van der Waals surface area contributed by atoms with E-state index in [4.69, 9.17) is 4.74 Å². The van der Waals surface area contributed by atoms with E-state index in [1.165, 1.54) is 24.8 Å². The number of rotatable bonds is 5. The number of nitrogens with one attached hydrogen (secondary N) is 1. The van der Waals surface area contributed by atoms with Crippen LogP contribution >= 0.6 is 0 Å². The molecule has 0 amide bonds. The first-order chi connectivity index (χ1) is 11.5. The zero-order valence-corrected chi connectivity index (χ0v) is 15.9. The van der Waals surface area contributed by atoms with Crippen LogP contribution in [0.3, 0.4) is 0 Å². The zero-order chi connectivity index (χ0) is 18.8. The van der Waals surface area contributed by atoms with Crippen molar-refractivity contribution in [3.05, 3.63) is 59.4 Å². The van der Waals surface area contributed by atoms with Crippen LogP contribution in [0.1, 0.15) is 44.9 Å². The molecule has 0 radical (unpaired) electrons. The summed E-state index contributed by atoms with van der Waals surface area (Å²) in [5.74, 6) is -0.711. The van der Waals surface area contributed by atoms with Crippen LogP contribution in [-0.2, 0) is 15.4 Å². The van der Waals surface area contributed by atoms with Crippen molar-refractivity contribution in [2.24, 2.45) is 0 Å². The summed E-state index contributed by atoms with van der Waals surface area (Å²) in [6.07, 6.45) is 0. The standard InChI is InChI=1S/C19H24FNO3S/c1-13(14-6-8-15(9-7-14)19(2,3)4)21-25(22,23)16-10-11-18(24-5)17(20)12-16/h6-13,21H,1-5H3/t13-/m1/s1. The third-order valence-corrected chi connectivity index (χ3v) is 5.58. The molecule has 0 bridgehead atoms. The molecule has 0 heterocycles. The molecule has 2 aromatic rings. The third-order valence-electron chi connectivity index (χ3n) is 4.04. The SMILES string of the molecule is COc1ccc(S(=O)(=O)N[C@H](C)c2ccc(C(C)(C)C)cc2)cc1F. The minimum atomic E-state index is -3.84. The molecule has 0 spiro atoms. The number of benzene rings is 2. The number of halogens is 1. The van der Waals surface area contributed by atoms with E-state index in [0.717, 1.165) is 11.6 Å². The fraction of sp³-hybridized carbons (Fsp3) is 0.368. The van der Waals surface area contributed by atoms with Crippen LogP contribution in [0.2, 0.25) is 0 Å². The molecule has 1 atom stereocenters. The maximum absolute atomic E-state index is 13.8. The lowest BCUT2D eigenvalue weighted by Crippen LogP contribution is -2.27. The molecule has 0 aliphatic heterocycles. The Kier molecular flexibility index (Phi) is 5.54. The lowest BCUT2D eigenvalue weighted by molar-refractivity contribution is 0.385. The van der Waals surface area contributed by atoms with Gasteiger partial charge in [0.25, 0.3) is 0 Å². The number of hydrogen-bond donors (Lipinski definition) is 1. The van der Waals surface area contributed by atoms with Gasteiger partial charge in [-0.25, -0.2) is 17.5 Å². The van der Waals surface area contributed by atoms with Gasteiger partial charge in [0.2, 0.25) is 10.0 Å². The lowest BCUT2D eigenvalue weighted by atomic mass is 9.86. The van der Waals surface area contributed by atoms with Crippen LogP contribution in [0.15, 0.2) is 47.4 Å². The Bertz CT molecular complexity index is 840. The summed E-state index contributed by atoms with van der Waals surface area (Å²) < 4.78 is 46.1. The lowest BCUT2D eigenvalue weighted by Gasteiger charge is -2.20. The van der Waals surface area contributed by atoms with E-state index in [0.29, 0.717) is 0 Å². The van der Waals surface area contributed by atoms with Crippen LogP contribution in [-0.4, -0.2) is 15.5 Å². The smallest absolute Gasteiger partial charge is 0.241 e. The summed E-state index contributed by atoms with van der Waals surface area (Å²) in [5, 5.41) is 0. The molecule has 6 heteroatoms. The molecule has 0 aromatic heterocycles. The van der Waals surface area contributed by atoms with Crippen LogP contribution < -0.4 is 9.46 Å². The number of sulfonamides is 1. The summed E-state index contributed by atoms with van der Waals surface area (Å²) in [4.78, 5) is -0.135. The van der Waals surface area contributed by atoms with E-state index >= 15 is 0 Å². The largest absolute Gasteiger partial charge is 0.494 e. The van der Waals surface area contributed by atoms with Gasteiger partial charge in [0.1, 0.15) is 0 Å². The Morgan fingerprint density at radius 1 is 1.08 bits per heavy atom. The first-order valence-electron chi connectivity index (χ1n) is 8.01. The Balaban J connectivity index is 2.21. The molecule has 0 aliphatic rings. The van der Waals surface area contributed by atoms with Gasteiger partial charge in [-0.3, -0.25) is 0 Å². The van der Waals surface area contributed by atoms with Crippen LogP contribution in [0.5, 0.6) is 5.75 Å². The van der Waals surface area contributed by atoms with Crippen molar-refractivity contribution in [3.63, 3.8) is 0 Å². The van der Waals surface area contributed by atoms with E-state index in [1.807, 2.05) is 24.3 Å². The first kappa shape index (κ1) is 19.4. The van der Waals surface area contributed by atoms with Crippen molar-refractivity contribution in [3.8, 4) is 5.75 Å². The van der Waals surface area contributed by atoms with Gasteiger partial charge < -0.3 is 4.74 Å². The molecule has 0 saturated heterocycles. The summed E-state index contributed by atoms with van der Waals surface area (Å²) in [5.41, 5.74) is 2.04. The molecule has 0 unspecified atom stereocenters. The highest BCUT2D eigenvalue weighted by Gasteiger charge is 2.21. The van der Waals surface area contributed by atoms with Gasteiger partial charge in [-0.2, -0.15) is 0 Å². The average Bonchev–Trinajstić information content (AvgIpc) is 2.53. The second kappa shape index (κ2) is 7.14. The molecule has 2 rings (SSSR count). The fourth-order valence-electron chi connectivity index (χ4n) is 2.45. The minimum absolute atomic E-state index is 0.00441. The van der Waals surface area contributed by atoms with Gasteiger partial charge in [-0.15, -0.1) is 0 Å². The molecular formula is C19H24FNO3S. The normalized spacial score (nSPS) is 13.5. The zero-order valence-electron chi connectivity index (χ0n) is 15.1. The van der Waals surface area contributed by atoms with Gasteiger partial charge in [-0.1, -0.05) is 45.0 Å². The summed E-state index contributed by atoms with van der Waals surface area (Å²) in [6, 6.07) is 10.9. The highest BCUT2D eigenvalue weighted by Crippen LogP contribution is 2.25. The second-order valence-corrected chi connectivity index (χ2v) is 8.73. The molecule has 1 N–H and O–H groups in total. The second-order valence-electron chi connectivity index (χ2n) is 7.01. The van der Waals surface area contributed by atoms with Crippen molar-refractivity contribution in [1.29, 1.82) is 0 Å². The van der Waals surface area contributed by atoms with Crippen molar-refractivity contribution in [2.75, 3.05) is 7.11 Å². The third kappa shape index (κ3) is 4.58. The Hall–Kier alpha value is -1.92. The highest BCUT2D eigenvalue weighted by molar-refractivity contribution is 7.89. The van der Waals surface area contributed by atoms with E-state index in [-0.39, 0.29) is 16.1 Å². The fourth-order valence-corrected chi connectivity index (χ4v) is 3.70. The Labute approximate surface area is 149 Å². The molecule has 0 fully saturated rings. The maximum atomic E-state index is 13.8. The van der Waals surface area contributed by atoms with Crippen LogP contribution in [0.4, 0.5) is 4.39 Å². The molecule has 2 aromatic carbocycles. The monoisotopic (exact) mass is 365 g/mol. The van der Waals surface area contributed by atoms with E-state index in [9.17, 15) is 12.8 Å². The van der Waals surface area contributed by atoms with E-state index < -0.39 is 21.9 Å². The number of methoxy groups -OCH3 is 1. The van der Waals surface area contributed by atoms with Gasteiger partial charge >= 0.3 is 0 Å². The highest BCUT2D eigenvalue weighted by atomic mass is 32.2. The van der Waals surface area contributed by atoms with E-state index in [2.05, 4.69) is 25.5 Å². The molecule has 0 saturated carbocycles. The topological polar surface area (TPSA) is 55.4 Å². The summed E-state index contributed by atoms with van der Waals surface area (Å²) in [7, 11) is -2.51. The van der Waals surface area contributed by atoms with Crippen molar-refractivity contribution >= 4 is 10.0 Å². The van der Waals surface area contributed by atoms with Crippen molar-refractivity contribution in [2.45, 2.75) is 44.0 Å². The van der Waals surface area contributed by atoms with Crippen LogP contribution in [0.25, 0.3) is 0 Å². The summed E-state index contributed by atoms with van der Waals surface area (Å²) >= 11 is 0. The predicted molar refractivity (Wildman–Crippen MR) is 96.8 cm³/mol. The molecule has 136 valence electrons. The van der Waals surface area contributed by atoms with Crippen molar-refractivity contribution < 1.29 is 17.5 Å². The summed E-state index contributed by atoms with van der Waals surface area (Å²) in [6.45, 7) is 8.11. The Morgan fingerprint density at radius 3 is 2.16 bits per heavy atom. The molecule has 25 heavy (non-hydrogen) atoms. The van der Waals surface area contributed by atoms with Crippen LogP contribution in [0, 0.1) is 5.82 Å². The Morgan fingerprint density at radius 2 is 1.68 bits per heavy atom. The molecule has 4 nitrogen and oxygen atoms in total. The first-order valence-corrected chi connectivity index (χ1v) is 9.49. The molecular weight excluding hydrogens is 341 g/mol. The van der Waals surface area contributed by atoms with Gasteiger partial charge in [0.15, 0.2) is 11.6 Å². The number of ether oxygens (including phenoxy) is 1. The number of hydrogen-bond acceptors (Lipinski definition) is 3. The van der Waals surface area contributed by atoms with Gasteiger partial charge in [0.05, 0.1) is 12.0 Å². The van der Waals surface area contributed by atoms with Gasteiger partial charge in [-0.05, 0) is 41.7 Å². The predicted octanol–water partition coefficient (Wildman–Crippen LogP) is 4.17. The minimum Gasteiger partial charge on any atom is -0.494 e. The molecule has 0 aliphatic carbocycles. The average molecular weight is 365 g/mol. The van der Waals surface area contributed by atoms with Crippen molar-refractivity contribution in [1.82, 2.24) is 4.72 Å².